The van der Waals surface area contributed by atoms with Crippen molar-refractivity contribution < 1.29 is 0 Å². The lowest BCUT2D eigenvalue weighted by atomic mass is 10.0. The van der Waals surface area contributed by atoms with Gasteiger partial charge in [0.05, 0.1) is 11.4 Å². The molecule has 0 saturated carbocycles. The van der Waals surface area contributed by atoms with Crippen LogP contribution >= 0.6 is 0 Å². The van der Waals surface area contributed by atoms with Crippen LogP contribution in [0.2, 0.25) is 0 Å². The molecule has 0 fully saturated rings. The predicted molar refractivity (Wildman–Crippen MR) is 85.3 cm³/mol. The van der Waals surface area contributed by atoms with E-state index in [1.54, 1.807) is 0 Å². The molecule has 1 unspecified atom stereocenters. The highest BCUT2D eigenvalue weighted by atomic mass is 15.3. The molecule has 0 aromatic carbocycles. The fraction of sp³-hybridized carbons (Fsp3) is 0.625. The molecular formula is C16H27N5. The zero-order chi connectivity index (χ0) is 15.4. The summed E-state index contributed by atoms with van der Waals surface area (Å²) in [6, 6.07) is 2.51. The summed E-state index contributed by atoms with van der Waals surface area (Å²) in [5.41, 5.74) is 4.91. The van der Waals surface area contributed by atoms with Crippen molar-refractivity contribution in [3.05, 3.63) is 34.9 Å². The van der Waals surface area contributed by atoms with E-state index in [0.717, 1.165) is 31.5 Å². The van der Waals surface area contributed by atoms with Gasteiger partial charge in [-0.2, -0.15) is 10.2 Å². The van der Waals surface area contributed by atoms with E-state index < -0.39 is 0 Å². The number of hydrogen-bond donors (Lipinski definition) is 1. The van der Waals surface area contributed by atoms with Gasteiger partial charge in [-0.15, -0.1) is 0 Å². The number of hydrogen-bond acceptors (Lipinski definition) is 3. The first kappa shape index (κ1) is 15.8. The lowest BCUT2D eigenvalue weighted by Gasteiger charge is -2.18. The van der Waals surface area contributed by atoms with Crippen molar-refractivity contribution in [2.24, 2.45) is 14.1 Å². The summed E-state index contributed by atoms with van der Waals surface area (Å²) in [4.78, 5) is 0. The number of aromatic nitrogens is 4. The molecular weight excluding hydrogens is 262 g/mol. The molecule has 1 atom stereocenters. The predicted octanol–water partition coefficient (Wildman–Crippen LogP) is 2.17. The molecule has 116 valence electrons. The Bertz CT molecular complexity index is 582. The average molecular weight is 289 g/mol. The van der Waals surface area contributed by atoms with Crippen LogP contribution in [0, 0.1) is 0 Å². The highest BCUT2D eigenvalue weighted by Gasteiger charge is 2.19. The van der Waals surface area contributed by atoms with E-state index in [0.29, 0.717) is 6.04 Å². The molecule has 0 bridgehead atoms. The van der Waals surface area contributed by atoms with Crippen molar-refractivity contribution in [2.45, 2.75) is 46.1 Å². The van der Waals surface area contributed by atoms with E-state index >= 15 is 0 Å². The van der Waals surface area contributed by atoms with Gasteiger partial charge in [-0.1, -0.05) is 20.8 Å². The summed E-state index contributed by atoms with van der Waals surface area (Å²) in [6.45, 7) is 7.40. The maximum atomic E-state index is 4.57. The first-order valence-corrected chi connectivity index (χ1v) is 7.86. The van der Waals surface area contributed by atoms with Crippen molar-refractivity contribution >= 4 is 0 Å². The smallest absolute Gasteiger partial charge is 0.0669 e. The topological polar surface area (TPSA) is 47.7 Å². The molecule has 2 aromatic heterocycles. The van der Waals surface area contributed by atoms with Crippen molar-refractivity contribution in [3.8, 4) is 0 Å². The fourth-order valence-corrected chi connectivity index (χ4v) is 2.80. The Labute approximate surface area is 127 Å². The Hall–Kier alpha value is -1.62. The number of likely N-dealkylation sites (N-methyl/N-ethyl adjacent to an activating group) is 1. The zero-order valence-electron chi connectivity index (χ0n) is 13.8. The molecule has 5 heteroatoms. The van der Waals surface area contributed by atoms with Crippen LogP contribution in [0.25, 0.3) is 0 Å². The van der Waals surface area contributed by atoms with E-state index in [2.05, 4.69) is 48.5 Å². The van der Waals surface area contributed by atoms with Crippen LogP contribution in [-0.2, 0) is 33.4 Å². The molecule has 0 radical (unpaired) electrons. The van der Waals surface area contributed by atoms with E-state index in [4.69, 9.17) is 0 Å². The van der Waals surface area contributed by atoms with Crippen molar-refractivity contribution in [1.82, 2.24) is 24.9 Å². The van der Waals surface area contributed by atoms with Crippen molar-refractivity contribution in [1.29, 1.82) is 0 Å². The number of nitrogens with one attached hydrogen (secondary N) is 1. The molecule has 0 spiro atoms. The maximum Gasteiger partial charge on any atom is 0.0669 e. The van der Waals surface area contributed by atoms with Gasteiger partial charge in [0.2, 0.25) is 0 Å². The van der Waals surface area contributed by atoms with E-state index in [9.17, 15) is 0 Å². The molecule has 5 nitrogen and oxygen atoms in total. The molecule has 2 heterocycles. The van der Waals surface area contributed by atoms with E-state index in [1.807, 2.05) is 23.5 Å². The second-order valence-electron chi connectivity index (χ2n) is 5.48. The minimum absolute atomic E-state index is 0.291. The Morgan fingerprint density at radius 1 is 1.14 bits per heavy atom. The lowest BCUT2D eigenvalue weighted by Crippen LogP contribution is -2.24. The fourth-order valence-electron chi connectivity index (χ4n) is 2.80. The van der Waals surface area contributed by atoms with Crippen molar-refractivity contribution in [3.63, 3.8) is 0 Å². The maximum absolute atomic E-state index is 4.57. The van der Waals surface area contributed by atoms with Crippen LogP contribution in [0.15, 0.2) is 12.3 Å². The minimum atomic E-state index is 0.291. The quantitative estimate of drug-likeness (QED) is 0.850. The third-order valence-electron chi connectivity index (χ3n) is 3.90. The number of aryl methyl sites for hydroxylation is 4. The average Bonchev–Trinajstić information content (AvgIpc) is 3.01. The van der Waals surface area contributed by atoms with E-state index in [1.165, 1.54) is 17.0 Å². The van der Waals surface area contributed by atoms with Gasteiger partial charge in [-0.3, -0.25) is 9.36 Å². The largest absolute Gasteiger partial charge is 0.310 e. The third kappa shape index (κ3) is 3.53. The number of nitrogens with zero attached hydrogens (tertiary/aromatic N) is 4. The molecule has 2 rings (SSSR count). The third-order valence-corrected chi connectivity index (χ3v) is 3.90. The highest BCUT2D eigenvalue weighted by molar-refractivity contribution is 5.24. The Kier molecular flexibility index (Phi) is 5.17. The van der Waals surface area contributed by atoms with Gasteiger partial charge >= 0.3 is 0 Å². The van der Waals surface area contributed by atoms with Gasteiger partial charge in [-0.25, -0.2) is 0 Å². The van der Waals surface area contributed by atoms with Gasteiger partial charge in [-0.05, 0) is 25.5 Å². The van der Waals surface area contributed by atoms with Crippen LogP contribution in [0.5, 0.6) is 0 Å². The normalized spacial score (nSPS) is 12.8. The van der Waals surface area contributed by atoms with E-state index in [-0.39, 0.29) is 0 Å². The summed E-state index contributed by atoms with van der Waals surface area (Å²) in [5.74, 6) is 0. The standard InChI is InChI=1S/C16H27N5/c1-6-12-9-13(21(5)18-12)10-16(17-8-3)14-11-20(4)19-15(14)7-2/h9,11,16-17H,6-8,10H2,1-5H3. The monoisotopic (exact) mass is 289 g/mol. The summed E-state index contributed by atoms with van der Waals surface area (Å²) < 4.78 is 3.92. The molecule has 21 heavy (non-hydrogen) atoms. The summed E-state index contributed by atoms with van der Waals surface area (Å²) >= 11 is 0. The molecule has 0 aliphatic rings. The first-order valence-electron chi connectivity index (χ1n) is 7.86. The lowest BCUT2D eigenvalue weighted by molar-refractivity contribution is 0.525. The van der Waals surface area contributed by atoms with Crippen molar-refractivity contribution in [2.75, 3.05) is 6.54 Å². The Balaban J connectivity index is 2.27. The summed E-state index contributed by atoms with van der Waals surface area (Å²) in [6.07, 6.45) is 5.02. The van der Waals surface area contributed by atoms with Crippen LogP contribution in [0.1, 0.15) is 49.5 Å². The molecule has 0 saturated heterocycles. The Morgan fingerprint density at radius 3 is 2.48 bits per heavy atom. The van der Waals surface area contributed by atoms with Gasteiger partial charge in [0.25, 0.3) is 0 Å². The highest BCUT2D eigenvalue weighted by Crippen LogP contribution is 2.22. The summed E-state index contributed by atoms with van der Waals surface area (Å²) in [5, 5.41) is 12.7. The second-order valence-corrected chi connectivity index (χ2v) is 5.48. The van der Waals surface area contributed by atoms with Gasteiger partial charge in [0.1, 0.15) is 0 Å². The van der Waals surface area contributed by atoms with Crippen LogP contribution in [0.3, 0.4) is 0 Å². The SMILES string of the molecule is CCNC(Cc1cc(CC)nn1C)c1cn(C)nc1CC. The molecule has 0 amide bonds. The molecule has 2 aromatic rings. The molecule has 1 N–H and O–H groups in total. The van der Waals surface area contributed by atoms with Crippen LogP contribution in [0.4, 0.5) is 0 Å². The zero-order valence-corrected chi connectivity index (χ0v) is 13.8. The first-order chi connectivity index (χ1) is 10.1. The molecule has 0 aliphatic carbocycles. The van der Waals surface area contributed by atoms with Crippen LogP contribution in [-0.4, -0.2) is 26.1 Å². The van der Waals surface area contributed by atoms with Gasteiger partial charge in [0, 0.05) is 44.0 Å². The van der Waals surface area contributed by atoms with Gasteiger partial charge in [0.15, 0.2) is 0 Å². The summed E-state index contributed by atoms with van der Waals surface area (Å²) in [7, 11) is 4.02. The molecule has 0 aliphatic heterocycles. The minimum Gasteiger partial charge on any atom is -0.310 e. The number of rotatable bonds is 7. The van der Waals surface area contributed by atoms with Gasteiger partial charge < -0.3 is 5.32 Å². The van der Waals surface area contributed by atoms with Crippen LogP contribution < -0.4 is 5.32 Å². The Morgan fingerprint density at radius 2 is 1.90 bits per heavy atom. The second kappa shape index (κ2) is 6.89.